The molecule has 3 heteroatoms. The zero-order valence-electron chi connectivity index (χ0n) is 10.9. The highest BCUT2D eigenvalue weighted by atomic mass is 16.6. The van der Waals surface area contributed by atoms with E-state index in [1.807, 2.05) is 31.2 Å². The van der Waals surface area contributed by atoms with E-state index in [9.17, 15) is 4.79 Å². The van der Waals surface area contributed by atoms with Gasteiger partial charge in [0.2, 0.25) is 0 Å². The van der Waals surface area contributed by atoms with E-state index in [4.69, 9.17) is 9.47 Å². The van der Waals surface area contributed by atoms with Crippen molar-refractivity contribution in [3.05, 3.63) is 35.4 Å². The second-order valence-electron chi connectivity index (χ2n) is 4.83. The van der Waals surface area contributed by atoms with E-state index in [0.717, 1.165) is 25.0 Å². The summed E-state index contributed by atoms with van der Waals surface area (Å²) in [4.78, 5) is 11.7. The lowest BCUT2D eigenvalue weighted by Gasteiger charge is -2.22. The van der Waals surface area contributed by atoms with Crippen LogP contribution in [0.25, 0.3) is 0 Å². The van der Waals surface area contributed by atoms with E-state index in [-0.39, 0.29) is 12.1 Å². The van der Waals surface area contributed by atoms with E-state index < -0.39 is 0 Å². The lowest BCUT2D eigenvalue weighted by molar-refractivity contribution is -0.148. The Morgan fingerprint density at radius 3 is 2.78 bits per heavy atom. The van der Waals surface area contributed by atoms with Gasteiger partial charge in [-0.1, -0.05) is 29.8 Å². The van der Waals surface area contributed by atoms with Crippen LogP contribution in [0.3, 0.4) is 0 Å². The third-order valence-electron chi connectivity index (χ3n) is 3.17. The summed E-state index contributed by atoms with van der Waals surface area (Å²) in [5.41, 5.74) is 2.19. The van der Waals surface area contributed by atoms with Gasteiger partial charge in [-0.25, -0.2) is 0 Å². The number of carbonyl (C=O) groups excluding carboxylic acids is 1. The van der Waals surface area contributed by atoms with Crippen LogP contribution in [0.5, 0.6) is 0 Å². The molecule has 1 aliphatic heterocycles. The Labute approximate surface area is 108 Å². The molecule has 1 heterocycles. The molecule has 18 heavy (non-hydrogen) atoms. The van der Waals surface area contributed by atoms with Crippen LogP contribution < -0.4 is 0 Å². The number of rotatable bonds is 4. The van der Waals surface area contributed by atoms with Crippen molar-refractivity contribution < 1.29 is 14.3 Å². The summed E-state index contributed by atoms with van der Waals surface area (Å²) in [6.45, 7) is 3.22. The van der Waals surface area contributed by atoms with Crippen molar-refractivity contribution in [1.29, 1.82) is 0 Å². The van der Waals surface area contributed by atoms with Gasteiger partial charge in [0.15, 0.2) is 0 Å². The van der Waals surface area contributed by atoms with Gasteiger partial charge in [0.25, 0.3) is 0 Å². The Hall–Kier alpha value is -1.35. The topological polar surface area (TPSA) is 35.5 Å². The normalized spacial score (nSPS) is 19.5. The zero-order valence-corrected chi connectivity index (χ0v) is 10.9. The summed E-state index contributed by atoms with van der Waals surface area (Å²) in [5.74, 6) is -0.173. The summed E-state index contributed by atoms with van der Waals surface area (Å²) in [6.07, 6.45) is 3.72. The molecule has 1 aliphatic rings. The molecule has 1 atom stereocenters. The Kier molecular flexibility index (Phi) is 4.76. The third kappa shape index (κ3) is 4.15. The van der Waals surface area contributed by atoms with Gasteiger partial charge in [-0.2, -0.15) is 0 Å². The van der Waals surface area contributed by atoms with Crippen molar-refractivity contribution in [2.75, 3.05) is 13.2 Å². The molecule has 1 unspecified atom stereocenters. The first kappa shape index (κ1) is 13.1. The predicted molar refractivity (Wildman–Crippen MR) is 69.4 cm³/mol. The van der Waals surface area contributed by atoms with Crippen LogP contribution >= 0.6 is 0 Å². The molecule has 1 saturated heterocycles. The van der Waals surface area contributed by atoms with Gasteiger partial charge in [0.1, 0.15) is 6.61 Å². The maximum absolute atomic E-state index is 11.7. The van der Waals surface area contributed by atoms with Crippen molar-refractivity contribution in [1.82, 2.24) is 0 Å². The highest BCUT2D eigenvalue weighted by Gasteiger charge is 2.16. The minimum atomic E-state index is -0.173. The van der Waals surface area contributed by atoms with Crippen LogP contribution in [0.1, 0.15) is 30.4 Å². The fourth-order valence-corrected chi connectivity index (χ4v) is 2.05. The molecule has 0 amide bonds. The fourth-order valence-electron chi connectivity index (χ4n) is 2.05. The summed E-state index contributed by atoms with van der Waals surface area (Å²) < 4.78 is 10.8. The van der Waals surface area contributed by atoms with Crippen LogP contribution in [-0.4, -0.2) is 25.3 Å². The molecule has 3 nitrogen and oxygen atoms in total. The lowest BCUT2D eigenvalue weighted by atomic mass is 10.1. The van der Waals surface area contributed by atoms with E-state index in [1.54, 1.807) is 0 Å². The first-order chi connectivity index (χ1) is 8.74. The van der Waals surface area contributed by atoms with Crippen molar-refractivity contribution in [3.63, 3.8) is 0 Å². The molecule has 0 bridgehead atoms. The van der Waals surface area contributed by atoms with E-state index in [2.05, 4.69) is 0 Å². The van der Waals surface area contributed by atoms with Gasteiger partial charge in [-0.05, 0) is 31.7 Å². The summed E-state index contributed by atoms with van der Waals surface area (Å²) in [5, 5.41) is 0. The summed E-state index contributed by atoms with van der Waals surface area (Å²) in [7, 11) is 0. The van der Waals surface area contributed by atoms with Crippen molar-refractivity contribution >= 4 is 5.97 Å². The molecule has 98 valence electrons. The number of hydrogen-bond donors (Lipinski definition) is 0. The molecular weight excluding hydrogens is 228 g/mol. The number of ether oxygens (including phenoxy) is 2. The second kappa shape index (κ2) is 6.55. The molecule has 0 N–H and O–H groups in total. The van der Waals surface area contributed by atoms with E-state index >= 15 is 0 Å². The van der Waals surface area contributed by atoms with Crippen LogP contribution in [-0.2, 0) is 20.7 Å². The summed E-state index contributed by atoms with van der Waals surface area (Å²) >= 11 is 0. The smallest absolute Gasteiger partial charge is 0.310 e. The van der Waals surface area contributed by atoms with Crippen molar-refractivity contribution in [2.45, 2.75) is 38.7 Å². The molecule has 0 aromatic heterocycles. The van der Waals surface area contributed by atoms with Crippen LogP contribution in [0.15, 0.2) is 24.3 Å². The number of esters is 1. The number of aryl methyl sites for hydroxylation is 1. The maximum Gasteiger partial charge on any atom is 0.310 e. The Morgan fingerprint density at radius 2 is 2.11 bits per heavy atom. The fraction of sp³-hybridized carbons (Fsp3) is 0.533. The van der Waals surface area contributed by atoms with Crippen LogP contribution in [0.2, 0.25) is 0 Å². The third-order valence-corrected chi connectivity index (χ3v) is 3.17. The van der Waals surface area contributed by atoms with Gasteiger partial charge in [0.05, 0.1) is 12.5 Å². The average Bonchev–Trinajstić information content (AvgIpc) is 2.40. The second-order valence-corrected chi connectivity index (χ2v) is 4.83. The first-order valence-corrected chi connectivity index (χ1v) is 6.57. The Bertz CT molecular complexity index is 377. The first-order valence-electron chi connectivity index (χ1n) is 6.57. The summed E-state index contributed by atoms with van der Waals surface area (Å²) in [6, 6.07) is 7.95. The monoisotopic (exact) mass is 248 g/mol. The Morgan fingerprint density at radius 1 is 1.33 bits per heavy atom. The van der Waals surface area contributed by atoms with Crippen molar-refractivity contribution in [3.8, 4) is 0 Å². The Balaban J connectivity index is 1.73. The molecule has 0 saturated carbocycles. The minimum Gasteiger partial charge on any atom is -0.463 e. The van der Waals surface area contributed by atoms with Crippen LogP contribution in [0, 0.1) is 6.92 Å². The van der Waals surface area contributed by atoms with E-state index in [1.165, 1.54) is 12.0 Å². The molecule has 2 rings (SSSR count). The number of hydrogen-bond acceptors (Lipinski definition) is 3. The van der Waals surface area contributed by atoms with Gasteiger partial charge in [-0.15, -0.1) is 0 Å². The maximum atomic E-state index is 11.7. The van der Waals surface area contributed by atoms with Crippen molar-refractivity contribution in [2.24, 2.45) is 0 Å². The molecule has 1 fully saturated rings. The highest BCUT2D eigenvalue weighted by molar-refractivity contribution is 5.72. The quantitative estimate of drug-likeness (QED) is 0.768. The van der Waals surface area contributed by atoms with Gasteiger partial charge < -0.3 is 9.47 Å². The minimum absolute atomic E-state index is 0.0979. The molecule has 1 aromatic carbocycles. The van der Waals surface area contributed by atoms with Crippen LogP contribution in [0.4, 0.5) is 0 Å². The standard InChI is InChI=1S/C15H20O3/c1-12-5-7-13(8-6-12)10-15(16)18-11-14-4-2-3-9-17-14/h5-8,14H,2-4,9-11H2,1H3. The molecule has 1 aromatic rings. The average molecular weight is 248 g/mol. The molecular formula is C15H20O3. The predicted octanol–water partition coefficient (Wildman–Crippen LogP) is 2.65. The number of carbonyl (C=O) groups is 1. The lowest BCUT2D eigenvalue weighted by Crippen LogP contribution is -2.26. The molecule has 0 spiro atoms. The largest absolute Gasteiger partial charge is 0.463 e. The number of benzene rings is 1. The van der Waals surface area contributed by atoms with Gasteiger partial charge in [0, 0.05) is 6.61 Å². The zero-order chi connectivity index (χ0) is 12.8. The van der Waals surface area contributed by atoms with Gasteiger partial charge >= 0.3 is 5.97 Å². The molecule has 0 aliphatic carbocycles. The van der Waals surface area contributed by atoms with Gasteiger partial charge in [-0.3, -0.25) is 4.79 Å². The highest BCUT2D eigenvalue weighted by Crippen LogP contribution is 2.13. The molecule has 0 radical (unpaired) electrons. The van der Waals surface area contributed by atoms with E-state index in [0.29, 0.717) is 13.0 Å². The SMILES string of the molecule is Cc1ccc(CC(=O)OCC2CCCCO2)cc1.